The molecular weight excluding hydrogens is 198 g/mol. The maximum absolute atomic E-state index is 10.8. The van der Waals surface area contributed by atoms with Gasteiger partial charge in [-0.3, -0.25) is 9.78 Å². The zero-order chi connectivity index (χ0) is 10.5. The van der Waals surface area contributed by atoms with E-state index in [0.29, 0.717) is 5.76 Å². The highest BCUT2D eigenvalue weighted by atomic mass is 16.3. The molecule has 2 aromatic rings. The zero-order valence-corrected chi connectivity index (χ0v) is 7.54. The van der Waals surface area contributed by atoms with Crippen LogP contribution in [-0.2, 0) is 0 Å². The lowest BCUT2D eigenvalue weighted by atomic mass is 10.5. The number of aromatic nitrogens is 3. The van der Waals surface area contributed by atoms with Crippen molar-refractivity contribution in [2.24, 2.45) is 5.10 Å². The molecule has 0 amide bonds. The lowest BCUT2D eigenvalue weighted by molar-refractivity contribution is 0.560. The van der Waals surface area contributed by atoms with E-state index in [1.807, 2.05) is 0 Å². The average Bonchev–Trinajstić information content (AvgIpc) is 2.71. The van der Waals surface area contributed by atoms with Crippen LogP contribution in [0.25, 0.3) is 0 Å². The van der Waals surface area contributed by atoms with Crippen molar-refractivity contribution in [2.75, 3.05) is 5.43 Å². The Morgan fingerprint density at radius 3 is 3.27 bits per heavy atom. The van der Waals surface area contributed by atoms with Gasteiger partial charge in [0.25, 0.3) is 5.56 Å². The molecule has 0 spiro atoms. The molecule has 0 fully saturated rings. The number of rotatable bonds is 3. The summed E-state index contributed by atoms with van der Waals surface area (Å²) in [4.78, 5) is 13.2. The summed E-state index contributed by atoms with van der Waals surface area (Å²) in [5.74, 6) is 0.763. The minimum absolute atomic E-state index is 0.172. The van der Waals surface area contributed by atoms with Crippen LogP contribution in [0.2, 0.25) is 0 Å². The van der Waals surface area contributed by atoms with Crippen molar-refractivity contribution in [3.63, 3.8) is 0 Å². The Morgan fingerprint density at radius 1 is 1.60 bits per heavy atom. The first-order valence-corrected chi connectivity index (χ1v) is 4.09. The second-order valence-electron chi connectivity index (χ2n) is 2.57. The molecular formula is C8H7N5O2. The topological polar surface area (TPSA) is 96.2 Å². The fourth-order valence-corrected chi connectivity index (χ4v) is 0.885. The highest BCUT2D eigenvalue weighted by Gasteiger charge is 1.92. The second-order valence-corrected chi connectivity index (χ2v) is 2.57. The van der Waals surface area contributed by atoms with Crippen molar-refractivity contribution in [1.82, 2.24) is 15.2 Å². The molecule has 2 rings (SSSR count). The van der Waals surface area contributed by atoms with Crippen LogP contribution in [0.1, 0.15) is 5.76 Å². The molecule has 2 aromatic heterocycles. The van der Waals surface area contributed by atoms with Crippen LogP contribution < -0.4 is 11.0 Å². The predicted octanol–water partition coefficient (Wildman–Crippen LogP) is 0.204. The quantitative estimate of drug-likeness (QED) is 0.551. The van der Waals surface area contributed by atoms with Crippen LogP contribution in [0.3, 0.4) is 0 Å². The molecule has 0 unspecified atom stereocenters. The van der Waals surface area contributed by atoms with Gasteiger partial charge in [-0.05, 0) is 12.1 Å². The zero-order valence-electron chi connectivity index (χ0n) is 7.54. The van der Waals surface area contributed by atoms with E-state index in [0.717, 1.165) is 6.20 Å². The number of hydrogen-bond donors (Lipinski definition) is 2. The first-order valence-electron chi connectivity index (χ1n) is 4.09. The monoisotopic (exact) mass is 205 g/mol. The van der Waals surface area contributed by atoms with E-state index in [4.69, 9.17) is 4.42 Å². The number of hydrazone groups is 1. The molecule has 0 saturated carbocycles. The van der Waals surface area contributed by atoms with Crippen LogP contribution in [0.4, 0.5) is 5.95 Å². The molecule has 0 aliphatic rings. The van der Waals surface area contributed by atoms with Gasteiger partial charge < -0.3 is 4.42 Å². The van der Waals surface area contributed by atoms with E-state index in [1.54, 1.807) is 12.1 Å². The van der Waals surface area contributed by atoms with Gasteiger partial charge in [0.1, 0.15) is 12.0 Å². The third-order valence-electron chi connectivity index (χ3n) is 1.48. The fourth-order valence-electron chi connectivity index (χ4n) is 0.885. The smallest absolute Gasteiger partial charge is 0.271 e. The largest absolute Gasteiger partial charge is 0.463 e. The number of hydrogen-bond acceptors (Lipinski definition) is 6. The van der Waals surface area contributed by atoms with Crippen molar-refractivity contribution in [3.8, 4) is 0 Å². The van der Waals surface area contributed by atoms with Crippen LogP contribution >= 0.6 is 0 Å². The summed E-state index contributed by atoms with van der Waals surface area (Å²) in [7, 11) is 0. The summed E-state index contributed by atoms with van der Waals surface area (Å²) in [6.07, 6.45) is 4.06. The van der Waals surface area contributed by atoms with Crippen molar-refractivity contribution in [3.05, 3.63) is 40.7 Å². The number of aromatic amines is 1. The molecule has 0 aliphatic heterocycles. The van der Waals surface area contributed by atoms with Gasteiger partial charge in [-0.25, -0.2) is 5.43 Å². The number of H-pyrrole nitrogens is 1. The summed E-state index contributed by atoms with van der Waals surface area (Å²) in [5, 5.41) is 10.8. The fraction of sp³-hybridized carbons (Fsp3) is 0. The Balaban J connectivity index is 2.02. The van der Waals surface area contributed by atoms with Crippen LogP contribution in [0.15, 0.2) is 38.9 Å². The highest BCUT2D eigenvalue weighted by molar-refractivity contribution is 5.76. The lowest BCUT2D eigenvalue weighted by Gasteiger charge is -1.94. The summed E-state index contributed by atoms with van der Waals surface area (Å²) in [5.41, 5.74) is 2.16. The van der Waals surface area contributed by atoms with E-state index in [9.17, 15) is 4.79 Å². The standard InChI is InChI=1S/C8H7N5O2/c14-7-5-10-13-8(11-7)12-9-4-6-2-1-3-15-6/h1-5H,(H2,11,12,13,14)/b9-4-. The van der Waals surface area contributed by atoms with Gasteiger partial charge in [0, 0.05) is 0 Å². The van der Waals surface area contributed by atoms with Gasteiger partial charge in [0.15, 0.2) is 0 Å². The van der Waals surface area contributed by atoms with Gasteiger partial charge in [-0.1, -0.05) is 0 Å². The maximum Gasteiger partial charge on any atom is 0.271 e. The van der Waals surface area contributed by atoms with E-state index in [1.165, 1.54) is 12.5 Å². The summed E-state index contributed by atoms with van der Waals surface area (Å²) in [6, 6.07) is 3.48. The number of nitrogens with one attached hydrogen (secondary N) is 2. The van der Waals surface area contributed by atoms with Gasteiger partial charge in [0.05, 0.1) is 12.5 Å². The maximum atomic E-state index is 10.8. The van der Waals surface area contributed by atoms with Gasteiger partial charge in [0.2, 0.25) is 5.95 Å². The SMILES string of the molecule is O=c1cnnc(N/N=C\c2ccco2)[nH]1. The van der Waals surface area contributed by atoms with E-state index < -0.39 is 0 Å². The average molecular weight is 205 g/mol. The van der Waals surface area contributed by atoms with Crippen molar-refractivity contribution in [2.45, 2.75) is 0 Å². The van der Waals surface area contributed by atoms with Crippen LogP contribution in [0, 0.1) is 0 Å². The first kappa shape index (κ1) is 9.13. The van der Waals surface area contributed by atoms with Crippen molar-refractivity contribution in [1.29, 1.82) is 0 Å². The Labute approximate surface area is 83.9 Å². The van der Waals surface area contributed by atoms with Crippen molar-refractivity contribution < 1.29 is 4.42 Å². The molecule has 76 valence electrons. The minimum atomic E-state index is -0.347. The summed E-state index contributed by atoms with van der Waals surface area (Å²) < 4.78 is 5.00. The molecule has 0 saturated heterocycles. The lowest BCUT2D eigenvalue weighted by Crippen LogP contribution is -2.10. The molecule has 15 heavy (non-hydrogen) atoms. The molecule has 0 atom stereocenters. The molecule has 0 radical (unpaired) electrons. The van der Waals surface area contributed by atoms with Gasteiger partial charge in [-0.2, -0.15) is 5.10 Å². The van der Waals surface area contributed by atoms with Crippen LogP contribution in [-0.4, -0.2) is 21.4 Å². The highest BCUT2D eigenvalue weighted by Crippen LogP contribution is 1.95. The number of furan rings is 1. The van der Waals surface area contributed by atoms with E-state index in [2.05, 4.69) is 25.7 Å². The first-order chi connectivity index (χ1) is 7.34. The summed E-state index contributed by atoms with van der Waals surface area (Å²) in [6.45, 7) is 0. The van der Waals surface area contributed by atoms with Crippen LogP contribution in [0.5, 0.6) is 0 Å². The molecule has 0 bridgehead atoms. The summed E-state index contributed by atoms with van der Waals surface area (Å²) >= 11 is 0. The molecule has 2 heterocycles. The third-order valence-corrected chi connectivity index (χ3v) is 1.48. The Hall–Kier alpha value is -2.44. The predicted molar refractivity (Wildman–Crippen MR) is 52.6 cm³/mol. The second kappa shape index (κ2) is 4.18. The van der Waals surface area contributed by atoms with E-state index >= 15 is 0 Å². The molecule has 7 nitrogen and oxygen atoms in total. The van der Waals surface area contributed by atoms with E-state index in [-0.39, 0.29) is 11.5 Å². The number of anilines is 1. The molecule has 7 heteroatoms. The normalized spacial score (nSPS) is 10.7. The van der Waals surface area contributed by atoms with Crippen molar-refractivity contribution >= 4 is 12.2 Å². The Morgan fingerprint density at radius 2 is 2.53 bits per heavy atom. The minimum Gasteiger partial charge on any atom is -0.463 e. The van der Waals surface area contributed by atoms with Gasteiger partial charge in [-0.15, -0.1) is 10.2 Å². The Kier molecular flexibility index (Phi) is 2.54. The molecule has 2 N–H and O–H groups in total. The molecule has 0 aliphatic carbocycles. The van der Waals surface area contributed by atoms with Gasteiger partial charge >= 0.3 is 0 Å². The Bertz CT molecular complexity index is 502. The third kappa shape index (κ3) is 2.50. The molecule has 0 aromatic carbocycles. The number of nitrogens with zero attached hydrogens (tertiary/aromatic N) is 3.